The summed E-state index contributed by atoms with van der Waals surface area (Å²) in [4.78, 5) is 0. The molecule has 0 radical (unpaired) electrons. The number of nitrogens with two attached hydrogens (primary N) is 1. The van der Waals surface area contributed by atoms with Gasteiger partial charge in [0.1, 0.15) is 5.82 Å². The number of hydrogen-bond donors (Lipinski definition) is 2. The summed E-state index contributed by atoms with van der Waals surface area (Å²) in [7, 11) is 0. The molecular weight excluding hydrogens is 253 g/mol. The Kier molecular flexibility index (Phi) is 3.95. The van der Waals surface area contributed by atoms with Crippen molar-refractivity contribution in [2.75, 3.05) is 6.54 Å². The van der Waals surface area contributed by atoms with Gasteiger partial charge in [0.15, 0.2) is 0 Å². The molecule has 0 heterocycles. The Balaban J connectivity index is 2.35. The molecule has 3 N–H and O–H groups in total. The molecule has 18 heavy (non-hydrogen) atoms. The third-order valence-corrected chi connectivity index (χ3v) is 4.44. The van der Waals surface area contributed by atoms with E-state index in [1.54, 1.807) is 12.1 Å². The van der Waals surface area contributed by atoms with Gasteiger partial charge in [-0.1, -0.05) is 37.1 Å². The van der Waals surface area contributed by atoms with E-state index in [-0.39, 0.29) is 10.6 Å². The average molecular weight is 272 g/mol. The van der Waals surface area contributed by atoms with Crippen molar-refractivity contribution >= 4 is 11.6 Å². The lowest BCUT2D eigenvalue weighted by Crippen LogP contribution is -2.35. The van der Waals surface area contributed by atoms with Crippen LogP contribution in [0.4, 0.5) is 4.39 Å². The van der Waals surface area contributed by atoms with Gasteiger partial charge in [-0.2, -0.15) is 0 Å². The van der Waals surface area contributed by atoms with E-state index in [4.69, 9.17) is 17.3 Å². The predicted molar refractivity (Wildman–Crippen MR) is 70.9 cm³/mol. The van der Waals surface area contributed by atoms with Crippen LogP contribution in [0.5, 0.6) is 0 Å². The van der Waals surface area contributed by atoms with Gasteiger partial charge in [0.25, 0.3) is 0 Å². The van der Waals surface area contributed by atoms with Crippen molar-refractivity contribution in [2.24, 2.45) is 17.1 Å². The van der Waals surface area contributed by atoms with Crippen LogP contribution < -0.4 is 5.73 Å². The van der Waals surface area contributed by atoms with Gasteiger partial charge < -0.3 is 10.8 Å². The number of benzene rings is 1. The zero-order chi connectivity index (χ0) is 13.3. The molecule has 4 heteroatoms. The maximum absolute atomic E-state index is 14.0. The molecular formula is C14H19ClFNO. The second-order valence-electron chi connectivity index (χ2n) is 5.46. The Morgan fingerprint density at radius 3 is 2.89 bits per heavy atom. The summed E-state index contributed by atoms with van der Waals surface area (Å²) in [5.41, 5.74) is 5.70. The maximum atomic E-state index is 14.0. The van der Waals surface area contributed by atoms with Crippen LogP contribution >= 0.6 is 11.6 Å². The summed E-state index contributed by atoms with van der Waals surface area (Å²) in [5, 5.41) is 10.6. The van der Waals surface area contributed by atoms with Crippen molar-refractivity contribution < 1.29 is 9.50 Å². The highest BCUT2D eigenvalue weighted by Crippen LogP contribution is 2.49. The molecule has 1 aliphatic carbocycles. The molecule has 1 aliphatic rings. The summed E-state index contributed by atoms with van der Waals surface area (Å²) < 4.78 is 14.0. The molecule has 0 spiro atoms. The van der Waals surface area contributed by atoms with Crippen LogP contribution in [0.15, 0.2) is 18.2 Å². The lowest BCUT2D eigenvalue weighted by atomic mass is 9.76. The van der Waals surface area contributed by atoms with Crippen molar-refractivity contribution in [2.45, 2.75) is 32.3 Å². The van der Waals surface area contributed by atoms with Crippen molar-refractivity contribution in [1.82, 2.24) is 0 Å². The number of halogens is 2. The lowest BCUT2D eigenvalue weighted by molar-refractivity contribution is 0.0281. The van der Waals surface area contributed by atoms with Crippen LogP contribution in [0.1, 0.15) is 37.9 Å². The van der Waals surface area contributed by atoms with Gasteiger partial charge in [-0.05, 0) is 24.8 Å². The summed E-state index contributed by atoms with van der Waals surface area (Å²) in [6.45, 7) is 2.50. The second-order valence-corrected chi connectivity index (χ2v) is 5.87. The van der Waals surface area contributed by atoms with Crippen molar-refractivity contribution in [3.8, 4) is 0 Å². The molecule has 0 bridgehead atoms. The fraction of sp³-hybridized carbons (Fsp3) is 0.571. The van der Waals surface area contributed by atoms with Gasteiger partial charge in [0, 0.05) is 17.5 Å². The summed E-state index contributed by atoms with van der Waals surface area (Å²) in [6.07, 6.45) is 1.80. The van der Waals surface area contributed by atoms with Crippen LogP contribution in [0.2, 0.25) is 5.02 Å². The molecule has 0 amide bonds. The first-order valence-electron chi connectivity index (χ1n) is 6.32. The van der Waals surface area contributed by atoms with Gasteiger partial charge in [-0.3, -0.25) is 0 Å². The summed E-state index contributed by atoms with van der Waals surface area (Å²) in [6, 6.07) is 4.73. The average Bonchev–Trinajstić information content (AvgIpc) is 2.75. The second kappa shape index (κ2) is 5.16. The standard InChI is InChI=1S/C14H19ClFNO/c1-9-5-6-14(7-9,8-17)13(18)10-3-2-4-11(15)12(10)16/h2-4,9,13,18H,5-8,17H2,1H3. The lowest BCUT2D eigenvalue weighted by Gasteiger charge is -2.33. The SMILES string of the molecule is CC1CCC(CN)(C(O)c2cccc(Cl)c2F)C1. The van der Waals surface area contributed by atoms with Crippen LogP contribution in [-0.4, -0.2) is 11.7 Å². The normalized spacial score (nSPS) is 29.5. The first kappa shape index (κ1) is 13.8. The highest BCUT2D eigenvalue weighted by Gasteiger charge is 2.43. The minimum absolute atomic E-state index is 0.0461. The van der Waals surface area contributed by atoms with E-state index < -0.39 is 17.3 Å². The number of hydrogen-bond acceptors (Lipinski definition) is 2. The van der Waals surface area contributed by atoms with Gasteiger partial charge in [-0.25, -0.2) is 4.39 Å². The molecule has 1 aromatic rings. The molecule has 3 atom stereocenters. The third-order valence-electron chi connectivity index (χ3n) is 4.15. The molecule has 1 fully saturated rings. The third kappa shape index (κ3) is 2.27. The molecule has 100 valence electrons. The first-order valence-corrected chi connectivity index (χ1v) is 6.70. The van der Waals surface area contributed by atoms with Gasteiger partial charge in [0.05, 0.1) is 11.1 Å². The van der Waals surface area contributed by atoms with Gasteiger partial charge >= 0.3 is 0 Å². The monoisotopic (exact) mass is 271 g/mol. The van der Waals surface area contributed by atoms with Crippen molar-refractivity contribution in [3.05, 3.63) is 34.6 Å². The zero-order valence-corrected chi connectivity index (χ0v) is 11.3. The molecule has 0 saturated heterocycles. The molecule has 1 aromatic carbocycles. The van der Waals surface area contributed by atoms with Crippen LogP contribution in [0.3, 0.4) is 0 Å². The molecule has 0 aliphatic heterocycles. The highest BCUT2D eigenvalue weighted by molar-refractivity contribution is 6.30. The Morgan fingerprint density at radius 2 is 2.33 bits per heavy atom. The fourth-order valence-corrected chi connectivity index (χ4v) is 3.22. The molecule has 2 nitrogen and oxygen atoms in total. The predicted octanol–water partition coefficient (Wildman–Crippen LogP) is 3.28. The minimum atomic E-state index is -0.883. The quantitative estimate of drug-likeness (QED) is 0.886. The highest BCUT2D eigenvalue weighted by atomic mass is 35.5. The largest absolute Gasteiger partial charge is 0.388 e. The summed E-state index contributed by atoms with van der Waals surface area (Å²) in [5.74, 6) is -0.00973. The van der Waals surface area contributed by atoms with Crippen LogP contribution in [-0.2, 0) is 0 Å². The maximum Gasteiger partial charge on any atom is 0.147 e. The molecule has 1 saturated carbocycles. The summed E-state index contributed by atoms with van der Waals surface area (Å²) >= 11 is 5.76. The van der Waals surface area contributed by atoms with Crippen LogP contribution in [0, 0.1) is 17.2 Å². The first-order chi connectivity index (χ1) is 8.50. The zero-order valence-electron chi connectivity index (χ0n) is 10.5. The Hall–Kier alpha value is -0.640. The Bertz CT molecular complexity index is 440. The molecule has 0 aromatic heterocycles. The van der Waals surface area contributed by atoms with E-state index >= 15 is 0 Å². The number of aliphatic hydroxyl groups is 1. The van der Waals surface area contributed by atoms with E-state index in [0.29, 0.717) is 12.5 Å². The smallest absolute Gasteiger partial charge is 0.147 e. The Morgan fingerprint density at radius 1 is 1.61 bits per heavy atom. The molecule has 3 unspecified atom stereocenters. The van der Waals surface area contributed by atoms with E-state index in [1.165, 1.54) is 6.07 Å². The number of aliphatic hydroxyl groups excluding tert-OH is 1. The number of rotatable bonds is 3. The molecule has 2 rings (SSSR count). The minimum Gasteiger partial charge on any atom is -0.388 e. The fourth-order valence-electron chi connectivity index (χ4n) is 3.04. The Labute approximate surface area is 112 Å². The van der Waals surface area contributed by atoms with E-state index in [0.717, 1.165) is 19.3 Å². The van der Waals surface area contributed by atoms with E-state index in [9.17, 15) is 9.50 Å². The van der Waals surface area contributed by atoms with E-state index in [1.807, 2.05) is 0 Å². The van der Waals surface area contributed by atoms with E-state index in [2.05, 4.69) is 6.92 Å². The van der Waals surface area contributed by atoms with Crippen LogP contribution in [0.25, 0.3) is 0 Å². The van der Waals surface area contributed by atoms with Gasteiger partial charge in [-0.15, -0.1) is 0 Å². The van der Waals surface area contributed by atoms with Crippen molar-refractivity contribution in [3.63, 3.8) is 0 Å². The van der Waals surface area contributed by atoms with Crippen molar-refractivity contribution in [1.29, 1.82) is 0 Å². The topological polar surface area (TPSA) is 46.2 Å². The van der Waals surface area contributed by atoms with Gasteiger partial charge in [0.2, 0.25) is 0 Å².